The maximum atomic E-state index is 13.0. The van der Waals surface area contributed by atoms with Gasteiger partial charge < -0.3 is 5.11 Å². The van der Waals surface area contributed by atoms with Crippen molar-refractivity contribution in [2.75, 3.05) is 0 Å². The molecule has 0 saturated heterocycles. The Balaban J connectivity index is 1.80. The van der Waals surface area contributed by atoms with Gasteiger partial charge in [0, 0.05) is 0 Å². The Morgan fingerprint density at radius 2 is 1.71 bits per heavy atom. The van der Waals surface area contributed by atoms with Gasteiger partial charge in [0.1, 0.15) is 0 Å². The van der Waals surface area contributed by atoms with E-state index in [1.807, 2.05) is 24.3 Å². The molecule has 0 heterocycles. The van der Waals surface area contributed by atoms with Gasteiger partial charge in [-0.2, -0.15) is 13.2 Å². The van der Waals surface area contributed by atoms with Crippen LogP contribution in [-0.4, -0.2) is 5.11 Å². The minimum atomic E-state index is -4.44. The quantitative estimate of drug-likeness (QED) is 0.885. The van der Waals surface area contributed by atoms with Gasteiger partial charge in [-0.15, -0.1) is 0 Å². The Hall–Kier alpha value is -1.81. The second kappa shape index (κ2) is 5.19. The van der Waals surface area contributed by atoms with E-state index in [1.165, 1.54) is 23.8 Å². The van der Waals surface area contributed by atoms with Crippen LogP contribution in [0, 0.1) is 0 Å². The summed E-state index contributed by atoms with van der Waals surface area (Å²) >= 11 is 0. The molecule has 4 heteroatoms. The van der Waals surface area contributed by atoms with Crippen molar-refractivity contribution in [2.24, 2.45) is 0 Å². The number of hydrogen-bond donors (Lipinski definition) is 1. The van der Waals surface area contributed by atoms with E-state index in [2.05, 4.69) is 0 Å². The van der Waals surface area contributed by atoms with E-state index in [0.717, 1.165) is 18.1 Å². The fourth-order valence-electron chi connectivity index (χ4n) is 3.02. The van der Waals surface area contributed by atoms with Crippen molar-refractivity contribution in [2.45, 2.75) is 31.0 Å². The molecular formula is C17H15F3O. The van der Waals surface area contributed by atoms with Crippen molar-refractivity contribution in [1.82, 2.24) is 0 Å². The fourth-order valence-corrected chi connectivity index (χ4v) is 3.02. The lowest BCUT2D eigenvalue weighted by molar-refractivity contribution is -0.139. The molecule has 0 radical (unpaired) electrons. The highest BCUT2D eigenvalue weighted by atomic mass is 19.4. The van der Waals surface area contributed by atoms with Gasteiger partial charge in [-0.25, -0.2) is 0 Å². The summed E-state index contributed by atoms with van der Waals surface area (Å²) in [6.45, 7) is 0. The van der Waals surface area contributed by atoms with Gasteiger partial charge in [-0.3, -0.25) is 0 Å². The predicted molar refractivity (Wildman–Crippen MR) is 73.9 cm³/mol. The highest BCUT2D eigenvalue weighted by molar-refractivity contribution is 5.40. The first-order chi connectivity index (χ1) is 9.97. The van der Waals surface area contributed by atoms with Crippen LogP contribution in [0.4, 0.5) is 13.2 Å². The third kappa shape index (κ3) is 2.68. The minimum Gasteiger partial charge on any atom is -0.388 e. The van der Waals surface area contributed by atoms with E-state index in [4.69, 9.17) is 0 Å². The summed E-state index contributed by atoms with van der Waals surface area (Å²) in [4.78, 5) is 0. The van der Waals surface area contributed by atoms with Gasteiger partial charge >= 0.3 is 6.18 Å². The lowest BCUT2D eigenvalue weighted by Gasteiger charge is -2.32. The van der Waals surface area contributed by atoms with Crippen molar-refractivity contribution in [3.63, 3.8) is 0 Å². The number of aliphatic hydroxyl groups excluding tert-OH is 1. The topological polar surface area (TPSA) is 20.2 Å². The van der Waals surface area contributed by atoms with Crippen molar-refractivity contribution >= 4 is 0 Å². The zero-order chi connectivity index (χ0) is 15.0. The van der Waals surface area contributed by atoms with E-state index in [-0.39, 0.29) is 11.5 Å². The molecule has 1 aliphatic rings. The Morgan fingerprint density at radius 3 is 2.43 bits per heavy atom. The summed E-state index contributed by atoms with van der Waals surface area (Å²) in [6.07, 6.45) is -4.39. The number of fused-ring (bicyclic) bond motifs is 1. The van der Waals surface area contributed by atoms with Gasteiger partial charge in [-0.1, -0.05) is 42.5 Å². The first kappa shape index (κ1) is 14.1. The van der Waals surface area contributed by atoms with Crippen LogP contribution in [0.5, 0.6) is 0 Å². The Labute approximate surface area is 121 Å². The molecule has 0 aromatic heterocycles. The monoisotopic (exact) mass is 292 g/mol. The molecule has 2 aromatic carbocycles. The fraction of sp³-hybridized carbons (Fsp3) is 0.294. The first-order valence-corrected chi connectivity index (χ1v) is 6.89. The van der Waals surface area contributed by atoms with Crippen LogP contribution in [0.25, 0.3) is 0 Å². The normalized spacial score (nSPS) is 18.8. The average molecular weight is 292 g/mol. The molecule has 2 aromatic rings. The lowest BCUT2D eigenvalue weighted by Crippen LogP contribution is -2.20. The number of benzene rings is 2. The number of halogens is 3. The standard InChI is InChI=1S/C17H15F3O/c18-17(19,20)15-8-4-3-7-14(15)16(21)10-12-9-11-5-1-2-6-13(11)12/h1-8,12,16,21H,9-10H2. The zero-order valence-corrected chi connectivity index (χ0v) is 11.3. The molecule has 1 N–H and O–H groups in total. The number of hydrogen-bond acceptors (Lipinski definition) is 1. The predicted octanol–water partition coefficient (Wildman–Crippen LogP) is 4.47. The third-order valence-corrected chi connectivity index (χ3v) is 4.09. The third-order valence-electron chi connectivity index (χ3n) is 4.09. The van der Waals surface area contributed by atoms with E-state index < -0.39 is 17.8 Å². The second-order valence-corrected chi connectivity index (χ2v) is 5.44. The van der Waals surface area contributed by atoms with Crippen LogP contribution in [0.1, 0.15) is 40.7 Å². The molecule has 110 valence electrons. The maximum Gasteiger partial charge on any atom is 0.416 e. The molecule has 0 amide bonds. The van der Waals surface area contributed by atoms with Gasteiger partial charge in [0.2, 0.25) is 0 Å². The van der Waals surface area contributed by atoms with Gasteiger partial charge in [0.05, 0.1) is 11.7 Å². The molecule has 0 saturated carbocycles. The van der Waals surface area contributed by atoms with Crippen LogP contribution in [0.3, 0.4) is 0 Å². The molecule has 1 aliphatic carbocycles. The maximum absolute atomic E-state index is 13.0. The van der Waals surface area contributed by atoms with Crippen LogP contribution in [0.2, 0.25) is 0 Å². The largest absolute Gasteiger partial charge is 0.416 e. The summed E-state index contributed by atoms with van der Waals surface area (Å²) in [7, 11) is 0. The number of alkyl halides is 3. The summed E-state index contributed by atoms with van der Waals surface area (Å²) in [5.41, 5.74) is 1.58. The summed E-state index contributed by atoms with van der Waals surface area (Å²) in [5, 5.41) is 10.2. The molecule has 2 unspecified atom stereocenters. The van der Waals surface area contributed by atoms with Crippen molar-refractivity contribution in [1.29, 1.82) is 0 Å². The lowest BCUT2D eigenvalue weighted by atomic mass is 9.74. The van der Waals surface area contributed by atoms with Crippen LogP contribution < -0.4 is 0 Å². The molecule has 2 atom stereocenters. The summed E-state index contributed by atoms with van der Waals surface area (Å²) in [6, 6.07) is 13.1. The molecular weight excluding hydrogens is 277 g/mol. The number of aliphatic hydroxyl groups is 1. The highest BCUT2D eigenvalue weighted by Gasteiger charge is 2.36. The summed E-state index contributed by atoms with van der Waals surface area (Å²) in [5.74, 6) is 0.137. The van der Waals surface area contributed by atoms with Crippen molar-refractivity contribution < 1.29 is 18.3 Å². The van der Waals surface area contributed by atoms with Crippen molar-refractivity contribution in [3.05, 3.63) is 70.8 Å². The smallest absolute Gasteiger partial charge is 0.388 e. The van der Waals surface area contributed by atoms with Crippen molar-refractivity contribution in [3.8, 4) is 0 Å². The van der Waals surface area contributed by atoms with Crippen LogP contribution in [-0.2, 0) is 12.6 Å². The van der Waals surface area contributed by atoms with E-state index in [1.54, 1.807) is 0 Å². The molecule has 0 bridgehead atoms. The van der Waals surface area contributed by atoms with Crippen LogP contribution >= 0.6 is 0 Å². The number of rotatable bonds is 3. The second-order valence-electron chi connectivity index (χ2n) is 5.44. The van der Waals surface area contributed by atoms with Crippen LogP contribution in [0.15, 0.2) is 48.5 Å². The summed E-state index contributed by atoms with van der Waals surface area (Å²) < 4.78 is 38.9. The van der Waals surface area contributed by atoms with E-state index in [9.17, 15) is 18.3 Å². The Morgan fingerprint density at radius 1 is 1.05 bits per heavy atom. The molecule has 3 rings (SSSR count). The van der Waals surface area contributed by atoms with Gasteiger partial charge in [-0.05, 0) is 41.5 Å². The SMILES string of the molecule is OC(CC1Cc2ccccc21)c1ccccc1C(F)(F)F. The molecule has 0 spiro atoms. The Kier molecular flexibility index (Phi) is 3.49. The molecule has 1 nitrogen and oxygen atoms in total. The van der Waals surface area contributed by atoms with E-state index >= 15 is 0 Å². The Bertz CT molecular complexity index is 648. The molecule has 0 aliphatic heterocycles. The van der Waals surface area contributed by atoms with Gasteiger partial charge in [0.15, 0.2) is 0 Å². The molecule has 0 fully saturated rings. The minimum absolute atomic E-state index is 0.0330. The first-order valence-electron chi connectivity index (χ1n) is 6.89. The highest BCUT2D eigenvalue weighted by Crippen LogP contribution is 2.42. The van der Waals surface area contributed by atoms with E-state index in [0.29, 0.717) is 6.42 Å². The average Bonchev–Trinajstić information content (AvgIpc) is 2.43. The van der Waals surface area contributed by atoms with Gasteiger partial charge in [0.25, 0.3) is 0 Å². The zero-order valence-electron chi connectivity index (χ0n) is 11.3. The molecule has 21 heavy (non-hydrogen) atoms.